The highest BCUT2D eigenvalue weighted by Gasteiger charge is 2.34. The summed E-state index contributed by atoms with van der Waals surface area (Å²) in [5.74, 6) is 1.61. The average Bonchev–Trinajstić information content (AvgIpc) is 3.37. The molecule has 0 bridgehead atoms. The number of piperidine rings is 1. The van der Waals surface area contributed by atoms with Crippen molar-refractivity contribution in [3.8, 4) is 5.75 Å². The van der Waals surface area contributed by atoms with E-state index >= 15 is 0 Å². The van der Waals surface area contributed by atoms with Crippen LogP contribution in [-0.2, 0) is 6.54 Å². The third-order valence-electron chi connectivity index (χ3n) is 6.51. The third kappa shape index (κ3) is 4.64. The number of halogens is 1. The minimum atomic E-state index is -0.294. The number of ether oxygens (including phenoxy) is 1. The van der Waals surface area contributed by atoms with E-state index in [1.807, 2.05) is 11.8 Å². The molecule has 0 spiro atoms. The van der Waals surface area contributed by atoms with Gasteiger partial charge in [0.15, 0.2) is 5.69 Å². The molecule has 0 radical (unpaired) electrons. The number of hydrogen-bond acceptors (Lipinski definition) is 5. The van der Waals surface area contributed by atoms with E-state index in [-0.39, 0.29) is 11.7 Å². The fourth-order valence-corrected chi connectivity index (χ4v) is 4.56. The normalized spacial score (nSPS) is 20.6. The first-order valence-corrected chi connectivity index (χ1v) is 10.8. The zero-order valence-corrected chi connectivity index (χ0v) is 17.8. The maximum atomic E-state index is 13.0. The standard InChI is InChI=1S/C22H30FN5O2/c1-16-21(24-25-28(16)13-14-30-20-5-3-19(23)4-6-20)22(29)27-12-9-18(15-27)17-7-10-26(2)11-8-17/h3-6,17-18H,7-15H2,1-2H3. The lowest BCUT2D eigenvalue weighted by atomic mass is 9.84. The number of rotatable bonds is 6. The number of carbonyl (C=O) groups excluding carboxylic acids is 1. The number of aromatic nitrogens is 3. The Balaban J connectivity index is 1.30. The lowest BCUT2D eigenvalue weighted by Gasteiger charge is -2.32. The number of benzene rings is 1. The molecule has 1 atom stereocenters. The Morgan fingerprint density at radius 1 is 1.13 bits per heavy atom. The maximum absolute atomic E-state index is 13.0. The molecule has 2 saturated heterocycles. The van der Waals surface area contributed by atoms with E-state index in [0.29, 0.717) is 30.5 Å². The topological polar surface area (TPSA) is 63.5 Å². The first-order valence-electron chi connectivity index (χ1n) is 10.8. The summed E-state index contributed by atoms with van der Waals surface area (Å²) >= 11 is 0. The summed E-state index contributed by atoms with van der Waals surface area (Å²) in [6.07, 6.45) is 3.54. The van der Waals surface area contributed by atoms with Crippen molar-refractivity contribution in [3.63, 3.8) is 0 Å². The van der Waals surface area contributed by atoms with Crippen molar-refractivity contribution in [1.29, 1.82) is 0 Å². The van der Waals surface area contributed by atoms with Crippen LogP contribution in [0.5, 0.6) is 5.75 Å². The largest absolute Gasteiger partial charge is 0.492 e. The number of nitrogens with zero attached hydrogens (tertiary/aromatic N) is 5. The van der Waals surface area contributed by atoms with E-state index in [4.69, 9.17) is 4.74 Å². The molecule has 7 nitrogen and oxygen atoms in total. The maximum Gasteiger partial charge on any atom is 0.276 e. The molecule has 0 saturated carbocycles. The highest BCUT2D eigenvalue weighted by Crippen LogP contribution is 2.32. The van der Waals surface area contributed by atoms with Crippen molar-refractivity contribution in [3.05, 3.63) is 41.5 Å². The number of likely N-dealkylation sites (tertiary alicyclic amines) is 2. The van der Waals surface area contributed by atoms with Crippen molar-refractivity contribution < 1.29 is 13.9 Å². The van der Waals surface area contributed by atoms with Crippen LogP contribution < -0.4 is 4.74 Å². The Kier molecular flexibility index (Phi) is 6.32. The van der Waals surface area contributed by atoms with E-state index < -0.39 is 0 Å². The van der Waals surface area contributed by atoms with Gasteiger partial charge in [0.25, 0.3) is 5.91 Å². The molecule has 1 aromatic heterocycles. The van der Waals surface area contributed by atoms with Gasteiger partial charge in [-0.05, 0) is 82.4 Å². The fraction of sp³-hybridized carbons (Fsp3) is 0.591. The van der Waals surface area contributed by atoms with Crippen molar-refractivity contribution in [1.82, 2.24) is 24.8 Å². The second-order valence-electron chi connectivity index (χ2n) is 8.49. The number of amides is 1. The summed E-state index contributed by atoms with van der Waals surface area (Å²) in [6, 6.07) is 5.91. The molecule has 30 heavy (non-hydrogen) atoms. The third-order valence-corrected chi connectivity index (χ3v) is 6.51. The monoisotopic (exact) mass is 415 g/mol. The second-order valence-corrected chi connectivity index (χ2v) is 8.49. The van der Waals surface area contributed by atoms with Crippen LogP contribution in [0.1, 0.15) is 35.4 Å². The quantitative estimate of drug-likeness (QED) is 0.726. The Morgan fingerprint density at radius 3 is 2.57 bits per heavy atom. The lowest BCUT2D eigenvalue weighted by Crippen LogP contribution is -2.35. The minimum Gasteiger partial charge on any atom is -0.492 e. The number of hydrogen-bond donors (Lipinski definition) is 0. The van der Waals surface area contributed by atoms with Crippen molar-refractivity contribution in [2.45, 2.75) is 32.7 Å². The van der Waals surface area contributed by atoms with Gasteiger partial charge in [-0.25, -0.2) is 9.07 Å². The summed E-state index contributed by atoms with van der Waals surface area (Å²) < 4.78 is 20.3. The molecule has 0 N–H and O–H groups in total. The zero-order valence-electron chi connectivity index (χ0n) is 17.8. The SMILES string of the molecule is Cc1c(C(=O)N2CCC(C3CCN(C)CC3)C2)nnn1CCOc1ccc(F)cc1. The van der Waals surface area contributed by atoms with Gasteiger partial charge in [0.05, 0.1) is 12.2 Å². The van der Waals surface area contributed by atoms with Crippen molar-refractivity contribution >= 4 is 5.91 Å². The molecular weight excluding hydrogens is 385 g/mol. The van der Waals surface area contributed by atoms with Gasteiger partial charge in [0.1, 0.15) is 18.2 Å². The number of carbonyl (C=O) groups is 1. The van der Waals surface area contributed by atoms with E-state index in [2.05, 4.69) is 22.3 Å². The predicted molar refractivity (Wildman–Crippen MR) is 111 cm³/mol. The van der Waals surface area contributed by atoms with Gasteiger partial charge in [-0.15, -0.1) is 5.10 Å². The molecule has 3 heterocycles. The van der Waals surface area contributed by atoms with Crippen LogP contribution in [0, 0.1) is 24.6 Å². The zero-order chi connectivity index (χ0) is 21.1. The van der Waals surface area contributed by atoms with E-state index in [1.165, 1.54) is 25.0 Å². The average molecular weight is 416 g/mol. The first kappa shape index (κ1) is 20.8. The van der Waals surface area contributed by atoms with Gasteiger partial charge < -0.3 is 14.5 Å². The van der Waals surface area contributed by atoms with Gasteiger partial charge in [-0.1, -0.05) is 5.21 Å². The Bertz CT molecular complexity index is 861. The van der Waals surface area contributed by atoms with Crippen LogP contribution in [0.3, 0.4) is 0 Å². The molecule has 0 aliphatic carbocycles. The van der Waals surface area contributed by atoms with Crippen LogP contribution in [0.15, 0.2) is 24.3 Å². The summed E-state index contributed by atoms with van der Waals surface area (Å²) in [7, 11) is 2.18. The molecule has 1 amide bonds. The van der Waals surface area contributed by atoms with Crippen LogP contribution in [0.25, 0.3) is 0 Å². The highest BCUT2D eigenvalue weighted by atomic mass is 19.1. The molecule has 2 fully saturated rings. The van der Waals surface area contributed by atoms with Gasteiger partial charge in [-0.3, -0.25) is 4.79 Å². The molecule has 4 rings (SSSR count). The summed E-state index contributed by atoms with van der Waals surface area (Å²) in [5, 5.41) is 8.30. The van der Waals surface area contributed by atoms with Crippen molar-refractivity contribution in [2.75, 3.05) is 39.8 Å². The van der Waals surface area contributed by atoms with Crippen LogP contribution in [0.4, 0.5) is 4.39 Å². The van der Waals surface area contributed by atoms with E-state index in [0.717, 1.165) is 44.2 Å². The molecule has 162 valence electrons. The fourth-order valence-electron chi connectivity index (χ4n) is 4.56. The van der Waals surface area contributed by atoms with Gasteiger partial charge in [-0.2, -0.15) is 0 Å². The van der Waals surface area contributed by atoms with E-state index in [1.54, 1.807) is 16.8 Å². The smallest absolute Gasteiger partial charge is 0.276 e. The molecule has 1 unspecified atom stereocenters. The van der Waals surface area contributed by atoms with Gasteiger partial charge >= 0.3 is 0 Å². The molecule has 2 aliphatic heterocycles. The summed E-state index contributed by atoms with van der Waals surface area (Å²) in [5.41, 5.74) is 1.19. The molecule has 1 aromatic carbocycles. The van der Waals surface area contributed by atoms with Gasteiger partial charge in [0, 0.05) is 13.1 Å². The first-order chi connectivity index (χ1) is 14.5. The highest BCUT2D eigenvalue weighted by molar-refractivity contribution is 5.93. The Labute approximate surface area is 176 Å². The molecular formula is C22H30FN5O2. The molecule has 2 aliphatic rings. The van der Waals surface area contributed by atoms with Crippen molar-refractivity contribution in [2.24, 2.45) is 11.8 Å². The summed E-state index contributed by atoms with van der Waals surface area (Å²) in [4.78, 5) is 17.4. The van der Waals surface area contributed by atoms with Crippen LogP contribution >= 0.6 is 0 Å². The van der Waals surface area contributed by atoms with E-state index in [9.17, 15) is 9.18 Å². The van der Waals surface area contributed by atoms with Gasteiger partial charge in [0.2, 0.25) is 0 Å². The molecule has 8 heteroatoms. The Hall–Kier alpha value is -2.48. The molecule has 2 aromatic rings. The Morgan fingerprint density at radius 2 is 1.83 bits per heavy atom. The predicted octanol–water partition coefficient (Wildman–Crippen LogP) is 2.61. The van der Waals surface area contributed by atoms with Crippen LogP contribution in [-0.4, -0.2) is 70.5 Å². The minimum absolute atomic E-state index is 0.0198. The second kappa shape index (κ2) is 9.12. The lowest BCUT2D eigenvalue weighted by molar-refractivity contribution is 0.0769. The van der Waals surface area contributed by atoms with Crippen LogP contribution in [0.2, 0.25) is 0 Å². The summed E-state index contributed by atoms with van der Waals surface area (Å²) in [6.45, 7) is 6.65.